The molecule has 1 aliphatic rings. The van der Waals surface area contributed by atoms with Gasteiger partial charge in [0.05, 0.1) is 4.88 Å². The summed E-state index contributed by atoms with van der Waals surface area (Å²) in [7, 11) is 0. The summed E-state index contributed by atoms with van der Waals surface area (Å²) < 4.78 is 0. The van der Waals surface area contributed by atoms with Crippen molar-refractivity contribution in [3.8, 4) is 0 Å². The fourth-order valence-corrected chi connectivity index (χ4v) is 4.73. The third-order valence-electron chi connectivity index (χ3n) is 5.17. The lowest BCUT2D eigenvalue weighted by Crippen LogP contribution is -2.37. The maximum Gasteiger partial charge on any atom is 0.264 e. The molecule has 0 saturated carbocycles. The minimum Gasteiger partial charge on any atom is -0.361 e. The third-order valence-corrected chi connectivity index (χ3v) is 6.11. The number of benzene rings is 1. The number of nitrogens with one attached hydrogen (secondary N) is 1. The van der Waals surface area contributed by atoms with Gasteiger partial charge in [-0.2, -0.15) is 0 Å². The van der Waals surface area contributed by atoms with E-state index in [9.17, 15) is 4.79 Å². The molecule has 1 N–H and O–H groups in total. The summed E-state index contributed by atoms with van der Waals surface area (Å²) in [5, 5.41) is 3.36. The molecule has 3 nitrogen and oxygen atoms in total. The van der Waals surface area contributed by atoms with Gasteiger partial charge in [-0.25, -0.2) is 0 Å². The minimum atomic E-state index is 0.222. The number of para-hydroxylation sites is 1. The van der Waals surface area contributed by atoms with Gasteiger partial charge in [-0.15, -0.1) is 11.3 Å². The van der Waals surface area contributed by atoms with E-state index < -0.39 is 0 Å². The first-order chi connectivity index (χ1) is 11.8. The summed E-state index contributed by atoms with van der Waals surface area (Å²) >= 11 is 1.58. The first-order valence-electron chi connectivity index (χ1n) is 8.69. The second kappa shape index (κ2) is 6.44. The normalized spacial score (nSPS) is 16.0. The molecule has 0 bridgehead atoms. The number of hydrogen-bond donors (Lipinski definition) is 1. The predicted octanol–water partition coefficient (Wildman–Crippen LogP) is 4.81. The Morgan fingerprint density at radius 2 is 2.04 bits per heavy atom. The summed E-state index contributed by atoms with van der Waals surface area (Å²) in [6.45, 7) is 3.82. The van der Waals surface area contributed by atoms with Crippen molar-refractivity contribution in [2.45, 2.75) is 32.1 Å². The summed E-state index contributed by atoms with van der Waals surface area (Å²) in [6.07, 6.45) is 5.17. The van der Waals surface area contributed by atoms with E-state index >= 15 is 0 Å². The zero-order chi connectivity index (χ0) is 16.5. The van der Waals surface area contributed by atoms with Crippen LogP contribution < -0.4 is 0 Å². The van der Waals surface area contributed by atoms with Crippen molar-refractivity contribution < 1.29 is 4.79 Å². The van der Waals surface area contributed by atoms with E-state index in [1.54, 1.807) is 11.3 Å². The predicted molar refractivity (Wildman–Crippen MR) is 99.9 cm³/mol. The van der Waals surface area contributed by atoms with Crippen LogP contribution in [0.4, 0.5) is 0 Å². The van der Waals surface area contributed by atoms with Crippen molar-refractivity contribution in [1.29, 1.82) is 0 Å². The van der Waals surface area contributed by atoms with Crippen LogP contribution in [0.2, 0.25) is 0 Å². The number of carbonyl (C=O) groups excluding carboxylic acids is 1. The Morgan fingerprint density at radius 3 is 2.83 bits per heavy atom. The zero-order valence-electron chi connectivity index (χ0n) is 13.9. The van der Waals surface area contributed by atoms with Crippen molar-refractivity contribution in [2.24, 2.45) is 0 Å². The number of rotatable bonds is 3. The number of likely N-dealkylation sites (tertiary alicyclic amines) is 1. The van der Waals surface area contributed by atoms with Crippen molar-refractivity contribution in [3.05, 3.63) is 57.9 Å². The molecule has 0 unspecified atom stereocenters. The molecular formula is C20H22N2OS. The number of carbonyl (C=O) groups is 1. The first-order valence-corrected chi connectivity index (χ1v) is 9.57. The summed E-state index contributed by atoms with van der Waals surface area (Å²) in [4.78, 5) is 19.1. The standard InChI is InChI=1S/C20H22N2OS/c1-2-14-9-12-24-19(14)20(23)22-10-7-15(8-11-22)17-13-21-18-6-4-3-5-16(17)18/h3-6,9,12-13,15,21H,2,7-8,10-11H2,1H3. The number of piperidine rings is 1. The van der Waals surface area contributed by atoms with Gasteiger partial charge in [0.2, 0.25) is 0 Å². The van der Waals surface area contributed by atoms with E-state index in [4.69, 9.17) is 0 Å². The van der Waals surface area contributed by atoms with Crippen LogP contribution in [0.15, 0.2) is 41.9 Å². The Kier molecular flexibility index (Phi) is 4.15. The summed E-state index contributed by atoms with van der Waals surface area (Å²) in [6, 6.07) is 10.6. The van der Waals surface area contributed by atoms with E-state index in [-0.39, 0.29) is 5.91 Å². The molecule has 24 heavy (non-hydrogen) atoms. The van der Waals surface area contributed by atoms with Gasteiger partial charge in [0, 0.05) is 30.2 Å². The highest BCUT2D eigenvalue weighted by Crippen LogP contribution is 2.34. The van der Waals surface area contributed by atoms with Crippen molar-refractivity contribution in [1.82, 2.24) is 9.88 Å². The Balaban J connectivity index is 1.48. The van der Waals surface area contributed by atoms with Crippen molar-refractivity contribution in [3.63, 3.8) is 0 Å². The molecule has 0 aliphatic carbocycles. The number of aryl methyl sites for hydroxylation is 1. The van der Waals surface area contributed by atoms with Gasteiger partial charge < -0.3 is 9.88 Å². The number of thiophene rings is 1. The average Bonchev–Trinajstić information content (AvgIpc) is 3.28. The molecule has 0 radical (unpaired) electrons. The lowest BCUT2D eigenvalue weighted by molar-refractivity contribution is 0.0717. The van der Waals surface area contributed by atoms with Crippen LogP contribution >= 0.6 is 11.3 Å². The molecule has 3 aromatic rings. The fourth-order valence-electron chi connectivity index (χ4n) is 3.77. The monoisotopic (exact) mass is 338 g/mol. The van der Waals surface area contributed by atoms with Crippen LogP contribution in [0.5, 0.6) is 0 Å². The van der Waals surface area contributed by atoms with Gasteiger partial charge >= 0.3 is 0 Å². The number of fused-ring (bicyclic) bond motifs is 1. The van der Waals surface area contributed by atoms with Gasteiger partial charge in [0.1, 0.15) is 0 Å². The number of hydrogen-bond acceptors (Lipinski definition) is 2. The highest BCUT2D eigenvalue weighted by Gasteiger charge is 2.27. The van der Waals surface area contributed by atoms with E-state index in [1.807, 2.05) is 10.3 Å². The molecule has 0 atom stereocenters. The number of H-pyrrole nitrogens is 1. The first kappa shape index (κ1) is 15.5. The zero-order valence-corrected chi connectivity index (χ0v) is 14.7. The number of aromatic nitrogens is 1. The third kappa shape index (κ3) is 2.65. The van der Waals surface area contributed by atoms with Gasteiger partial charge in [-0.05, 0) is 53.8 Å². The largest absolute Gasteiger partial charge is 0.361 e. The quantitative estimate of drug-likeness (QED) is 0.731. The molecular weight excluding hydrogens is 316 g/mol. The van der Waals surface area contributed by atoms with E-state index in [0.29, 0.717) is 5.92 Å². The van der Waals surface area contributed by atoms with Gasteiger partial charge in [-0.1, -0.05) is 25.1 Å². The molecule has 4 heteroatoms. The van der Waals surface area contributed by atoms with Gasteiger partial charge in [0.15, 0.2) is 0 Å². The van der Waals surface area contributed by atoms with Crippen LogP contribution in [0.25, 0.3) is 10.9 Å². The van der Waals surface area contributed by atoms with E-state index in [2.05, 4.69) is 48.4 Å². The topological polar surface area (TPSA) is 36.1 Å². The van der Waals surface area contributed by atoms with Gasteiger partial charge in [0.25, 0.3) is 5.91 Å². The molecule has 1 aromatic carbocycles. The van der Waals surface area contributed by atoms with E-state index in [0.717, 1.165) is 37.2 Å². The molecule has 1 fully saturated rings. The summed E-state index contributed by atoms with van der Waals surface area (Å²) in [5.41, 5.74) is 3.80. The maximum atomic E-state index is 12.8. The lowest BCUT2D eigenvalue weighted by atomic mass is 9.89. The number of amides is 1. The SMILES string of the molecule is CCc1ccsc1C(=O)N1CCC(c2c[nH]c3ccccc23)CC1. The minimum absolute atomic E-state index is 0.222. The molecule has 2 aromatic heterocycles. The molecule has 1 saturated heterocycles. The van der Waals surface area contributed by atoms with E-state index in [1.165, 1.54) is 22.0 Å². The second-order valence-corrected chi connectivity index (χ2v) is 7.40. The van der Waals surface area contributed by atoms with Crippen LogP contribution in [0.1, 0.15) is 46.5 Å². The van der Waals surface area contributed by atoms with Crippen LogP contribution in [-0.4, -0.2) is 28.9 Å². The highest BCUT2D eigenvalue weighted by molar-refractivity contribution is 7.12. The molecule has 4 rings (SSSR count). The molecule has 1 aliphatic heterocycles. The number of nitrogens with zero attached hydrogens (tertiary/aromatic N) is 1. The average molecular weight is 338 g/mol. The van der Waals surface area contributed by atoms with Crippen LogP contribution in [-0.2, 0) is 6.42 Å². The van der Waals surface area contributed by atoms with Crippen molar-refractivity contribution in [2.75, 3.05) is 13.1 Å². The number of aromatic amines is 1. The Labute approximate surface area is 146 Å². The van der Waals surface area contributed by atoms with Crippen LogP contribution in [0, 0.1) is 0 Å². The summed E-state index contributed by atoms with van der Waals surface area (Å²) in [5.74, 6) is 0.762. The smallest absolute Gasteiger partial charge is 0.264 e. The fraction of sp³-hybridized carbons (Fsp3) is 0.350. The van der Waals surface area contributed by atoms with Crippen LogP contribution in [0.3, 0.4) is 0 Å². The Morgan fingerprint density at radius 1 is 1.25 bits per heavy atom. The Hall–Kier alpha value is -2.07. The lowest BCUT2D eigenvalue weighted by Gasteiger charge is -2.32. The molecule has 3 heterocycles. The molecule has 1 amide bonds. The Bertz CT molecular complexity index is 855. The van der Waals surface area contributed by atoms with Gasteiger partial charge in [-0.3, -0.25) is 4.79 Å². The second-order valence-electron chi connectivity index (χ2n) is 6.48. The highest BCUT2D eigenvalue weighted by atomic mass is 32.1. The molecule has 0 spiro atoms. The maximum absolute atomic E-state index is 12.8. The van der Waals surface area contributed by atoms with Crippen molar-refractivity contribution >= 4 is 28.1 Å². The molecule has 124 valence electrons.